The number of alkyl halides is 3. The van der Waals surface area contributed by atoms with E-state index in [0.717, 1.165) is 12.1 Å². The van der Waals surface area contributed by atoms with Gasteiger partial charge in [0.25, 0.3) is 10.0 Å². The lowest BCUT2D eigenvalue weighted by Gasteiger charge is -2.16. The maximum atomic E-state index is 13.1. The van der Waals surface area contributed by atoms with Crippen molar-refractivity contribution in [3.63, 3.8) is 0 Å². The zero-order valence-electron chi connectivity index (χ0n) is 14.6. The van der Waals surface area contributed by atoms with Gasteiger partial charge in [-0.25, -0.2) is 13.1 Å². The van der Waals surface area contributed by atoms with Gasteiger partial charge in [-0.1, -0.05) is 0 Å². The number of nitrogens with one attached hydrogen (secondary N) is 2. The maximum Gasteiger partial charge on any atom is 0.416 e. The highest BCUT2D eigenvalue weighted by Gasteiger charge is 2.32. The molecule has 0 aliphatic carbocycles. The number of halogens is 3. The molecule has 0 radical (unpaired) electrons. The number of carbonyl (C=O) groups excluding carboxylic acids is 1. The van der Waals surface area contributed by atoms with Crippen molar-refractivity contribution in [1.29, 1.82) is 0 Å². The Hall–Kier alpha value is -3.34. The first-order valence-electron chi connectivity index (χ1n) is 8.30. The first-order chi connectivity index (χ1) is 13.6. The van der Waals surface area contributed by atoms with Crippen LogP contribution >= 0.6 is 0 Å². The minimum absolute atomic E-state index is 0.0286. The Morgan fingerprint density at radius 3 is 2.62 bits per heavy atom. The fourth-order valence-electron chi connectivity index (χ4n) is 2.98. The summed E-state index contributed by atoms with van der Waals surface area (Å²) in [6.07, 6.45) is -1.73. The van der Waals surface area contributed by atoms with Gasteiger partial charge in [-0.3, -0.25) is 9.52 Å². The first-order valence-corrected chi connectivity index (χ1v) is 9.79. The summed E-state index contributed by atoms with van der Waals surface area (Å²) in [5.74, 6) is -0.263. The van der Waals surface area contributed by atoms with Crippen molar-refractivity contribution in [2.24, 2.45) is 0 Å². The van der Waals surface area contributed by atoms with Crippen molar-refractivity contribution in [3.05, 3.63) is 66.0 Å². The second-order valence-electron chi connectivity index (χ2n) is 6.33. The Morgan fingerprint density at radius 1 is 1.14 bits per heavy atom. The van der Waals surface area contributed by atoms with Crippen LogP contribution < -0.4 is 10.0 Å². The normalized spacial score (nSPS) is 13.8. The smallest absolute Gasteiger partial charge is 0.326 e. The number of carbonyl (C=O) groups is 1. The Kier molecular flexibility index (Phi) is 4.34. The molecule has 0 bridgehead atoms. The van der Waals surface area contributed by atoms with Crippen LogP contribution in [0, 0.1) is 0 Å². The molecule has 2 N–H and O–H groups in total. The van der Waals surface area contributed by atoms with E-state index < -0.39 is 21.8 Å². The van der Waals surface area contributed by atoms with Crippen LogP contribution in [0.4, 0.5) is 24.5 Å². The SMILES string of the molecule is O=C1Cc2cc(S(=O)(=O)Nc3cc(C(F)(F)F)ccc3-n3cccn3)ccc2N1. The van der Waals surface area contributed by atoms with Gasteiger partial charge < -0.3 is 5.32 Å². The third-order valence-electron chi connectivity index (χ3n) is 4.33. The van der Waals surface area contributed by atoms with E-state index in [2.05, 4.69) is 15.1 Å². The molecule has 150 valence electrons. The van der Waals surface area contributed by atoms with E-state index in [0.29, 0.717) is 17.3 Å². The van der Waals surface area contributed by atoms with Crippen LogP contribution in [-0.4, -0.2) is 24.1 Å². The molecule has 2 heterocycles. The van der Waals surface area contributed by atoms with Crippen molar-refractivity contribution in [1.82, 2.24) is 9.78 Å². The second kappa shape index (κ2) is 6.62. The molecule has 0 saturated carbocycles. The van der Waals surface area contributed by atoms with Crippen LogP contribution in [0.25, 0.3) is 5.69 Å². The number of amides is 1. The Balaban J connectivity index is 1.76. The molecule has 4 rings (SSSR count). The molecule has 2 aromatic carbocycles. The minimum atomic E-state index is -4.65. The van der Waals surface area contributed by atoms with E-state index in [1.54, 1.807) is 6.07 Å². The molecule has 29 heavy (non-hydrogen) atoms. The molecule has 7 nitrogen and oxygen atoms in total. The lowest BCUT2D eigenvalue weighted by molar-refractivity contribution is -0.137. The van der Waals surface area contributed by atoms with Crippen LogP contribution in [0.5, 0.6) is 0 Å². The van der Waals surface area contributed by atoms with Crippen LogP contribution in [0.15, 0.2) is 59.8 Å². The fourth-order valence-corrected chi connectivity index (χ4v) is 4.10. The Bertz CT molecular complexity index is 1210. The summed E-state index contributed by atoms with van der Waals surface area (Å²) >= 11 is 0. The number of nitrogens with zero attached hydrogens (tertiary/aromatic N) is 2. The Labute approximate surface area is 163 Å². The van der Waals surface area contributed by atoms with E-state index in [4.69, 9.17) is 0 Å². The van der Waals surface area contributed by atoms with Gasteiger partial charge in [-0.2, -0.15) is 18.3 Å². The molecule has 11 heteroatoms. The number of rotatable bonds is 4. The van der Waals surface area contributed by atoms with Gasteiger partial charge in [0.2, 0.25) is 5.91 Å². The molecule has 1 amide bonds. The average molecular weight is 422 g/mol. The maximum absolute atomic E-state index is 13.1. The van der Waals surface area contributed by atoms with E-state index in [9.17, 15) is 26.4 Å². The summed E-state index contributed by atoms with van der Waals surface area (Å²) in [6.45, 7) is 0. The molecule has 1 aromatic heterocycles. The summed E-state index contributed by atoms with van der Waals surface area (Å²) < 4.78 is 68.6. The molecule has 0 atom stereocenters. The number of benzene rings is 2. The van der Waals surface area contributed by atoms with Crippen molar-refractivity contribution < 1.29 is 26.4 Å². The van der Waals surface area contributed by atoms with E-state index in [-0.39, 0.29) is 28.6 Å². The monoisotopic (exact) mass is 422 g/mol. The Morgan fingerprint density at radius 2 is 1.93 bits per heavy atom. The van der Waals surface area contributed by atoms with Gasteiger partial charge in [-0.15, -0.1) is 0 Å². The highest BCUT2D eigenvalue weighted by molar-refractivity contribution is 7.92. The molecule has 0 unspecified atom stereocenters. The van der Waals surface area contributed by atoms with Gasteiger partial charge in [0.1, 0.15) is 0 Å². The predicted octanol–water partition coefficient (Wildman–Crippen LogP) is 3.19. The number of hydrogen-bond acceptors (Lipinski definition) is 4. The third-order valence-corrected chi connectivity index (χ3v) is 5.69. The zero-order valence-corrected chi connectivity index (χ0v) is 15.4. The van der Waals surface area contributed by atoms with Crippen LogP contribution in [0.3, 0.4) is 0 Å². The van der Waals surface area contributed by atoms with E-state index >= 15 is 0 Å². The standard InChI is InChI=1S/C18H13F3N4O3S/c19-18(20,21)12-2-5-16(25-7-1-6-22-25)15(10-12)24-29(27,28)13-3-4-14-11(8-13)9-17(26)23-14/h1-8,10,24H,9H2,(H,23,26). The second-order valence-corrected chi connectivity index (χ2v) is 8.01. The average Bonchev–Trinajstić information content (AvgIpc) is 3.28. The number of hydrogen-bond donors (Lipinski definition) is 2. The van der Waals surface area contributed by atoms with Gasteiger partial charge in [-0.05, 0) is 48.0 Å². The van der Waals surface area contributed by atoms with Gasteiger partial charge >= 0.3 is 6.18 Å². The molecular formula is C18H13F3N4O3S. The summed E-state index contributed by atoms with van der Waals surface area (Å²) in [4.78, 5) is 11.3. The molecular weight excluding hydrogens is 409 g/mol. The van der Waals surface area contributed by atoms with Gasteiger partial charge in [0.05, 0.1) is 28.3 Å². The lowest BCUT2D eigenvalue weighted by Crippen LogP contribution is -2.16. The lowest BCUT2D eigenvalue weighted by atomic mass is 10.1. The largest absolute Gasteiger partial charge is 0.416 e. The molecule has 0 fully saturated rings. The predicted molar refractivity (Wildman–Crippen MR) is 98.2 cm³/mol. The molecule has 3 aromatic rings. The molecule has 0 spiro atoms. The number of fused-ring (bicyclic) bond motifs is 1. The number of aromatic nitrogens is 2. The van der Waals surface area contributed by atoms with Crippen molar-refractivity contribution >= 4 is 27.3 Å². The highest BCUT2D eigenvalue weighted by Crippen LogP contribution is 2.34. The fraction of sp³-hybridized carbons (Fsp3) is 0.111. The molecule has 1 aliphatic heterocycles. The quantitative estimate of drug-likeness (QED) is 0.675. The van der Waals surface area contributed by atoms with E-state index in [1.807, 2.05) is 0 Å². The summed E-state index contributed by atoms with van der Waals surface area (Å²) in [5.41, 5.74) is -0.155. The molecule has 1 aliphatic rings. The van der Waals surface area contributed by atoms with Crippen molar-refractivity contribution in [3.8, 4) is 5.69 Å². The van der Waals surface area contributed by atoms with Crippen LogP contribution in [0.1, 0.15) is 11.1 Å². The topological polar surface area (TPSA) is 93.1 Å². The van der Waals surface area contributed by atoms with Gasteiger partial charge in [0.15, 0.2) is 0 Å². The third kappa shape index (κ3) is 3.68. The van der Waals surface area contributed by atoms with Gasteiger partial charge in [0, 0.05) is 18.1 Å². The zero-order chi connectivity index (χ0) is 20.8. The van der Waals surface area contributed by atoms with Crippen LogP contribution in [0.2, 0.25) is 0 Å². The molecule has 0 saturated heterocycles. The number of sulfonamides is 1. The highest BCUT2D eigenvalue weighted by atomic mass is 32.2. The van der Waals surface area contributed by atoms with Crippen molar-refractivity contribution in [2.45, 2.75) is 17.5 Å². The first kappa shape index (κ1) is 19.0. The summed E-state index contributed by atoms with van der Waals surface area (Å²) in [5, 5.41) is 6.54. The van der Waals surface area contributed by atoms with Crippen LogP contribution in [-0.2, 0) is 27.4 Å². The summed E-state index contributed by atoms with van der Waals surface area (Å²) in [6, 6.07) is 8.29. The summed E-state index contributed by atoms with van der Waals surface area (Å²) in [7, 11) is -4.23. The van der Waals surface area contributed by atoms with E-state index in [1.165, 1.54) is 35.3 Å². The van der Waals surface area contributed by atoms with Crippen molar-refractivity contribution in [2.75, 3.05) is 10.0 Å². The number of anilines is 2. The minimum Gasteiger partial charge on any atom is -0.326 e.